The predicted molar refractivity (Wildman–Crippen MR) is 59.2 cm³/mol. The van der Waals surface area contributed by atoms with Crippen LogP contribution in [0.5, 0.6) is 0 Å². The molecule has 6 nitrogen and oxygen atoms in total. The van der Waals surface area contributed by atoms with Gasteiger partial charge in [0.25, 0.3) is 0 Å². The first-order valence-electron chi connectivity index (χ1n) is 3.58. The van der Waals surface area contributed by atoms with Gasteiger partial charge in [0.2, 0.25) is 20.0 Å². The smallest absolute Gasteiger partial charge is 0.225 e. The van der Waals surface area contributed by atoms with E-state index >= 15 is 0 Å². The molecule has 0 aliphatic carbocycles. The highest BCUT2D eigenvalue weighted by atomic mass is 35.5. The number of benzene rings is 1. The van der Waals surface area contributed by atoms with Crippen LogP contribution in [0, 0.1) is 0 Å². The molecule has 1 rings (SSSR count). The molecule has 0 unspecified atom stereocenters. The van der Waals surface area contributed by atoms with E-state index in [2.05, 4.69) is 0 Å². The molecule has 0 fully saturated rings. The van der Waals surface area contributed by atoms with Crippen LogP contribution in [0.15, 0.2) is 21.9 Å². The second-order valence-corrected chi connectivity index (χ2v) is 6.68. The van der Waals surface area contributed by atoms with Crippen LogP contribution >= 0.6 is 23.2 Å². The quantitative estimate of drug-likeness (QED) is 0.815. The van der Waals surface area contributed by atoms with E-state index in [0.717, 1.165) is 12.1 Å². The number of rotatable bonds is 2. The summed E-state index contributed by atoms with van der Waals surface area (Å²) in [4.78, 5) is -0.932. The average molecular weight is 305 g/mol. The van der Waals surface area contributed by atoms with E-state index in [1.54, 1.807) is 0 Å². The summed E-state index contributed by atoms with van der Waals surface area (Å²) >= 11 is 11.1. The maximum absolute atomic E-state index is 11.1. The minimum Gasteiger partial charge on any atom is -0.225 e. The van der Waals surface area contributed by atoms with Crippen molar-refractivity contribution in [2.45, 2.75) is 9.79 Å². The van der Waals surface area contributed by atoms with Gasteiger partial charge >= 0.3 is 0 Å². The molecule has 16 heavy (non-hydrogen) atoms. The molecule has 0 heterocycles. The molecule has 1 aromatic carbocycles. The highest BCUT2D eigenvalue weighted by molar-refractivity contribution is 7.89. The lowest BCUT2D eigenvalue weighted by atomic mass is 10.3. The van der Waals surface area contributed by atoms with E-state index < -0.39 is 39.9 Å². The SMILES string of the molecule is NS(=O)(=O)c1cc(Cl)c(S(N)(=O)=O)c(Cl)c1. The maximum atomic E-state index is 11.1. The molecule has 0 aliphatic rings. The van der Waals surface area contributed by atoms with Crippen LogP contribution in [0.1, 0.15) is 0 Å². The Morgan fingerprint density at radius 3 is 1.50 bits per heavy atom. The van der Waals surface area contributed by atoms with Gasteiger partial charge in [0.15, 0.2) is 0 Å². The number of sulfonamides is 2. The Kier molecular flexibility index (Phi) is 3.53. The Morgan fingerprint density at radius 2 is 1.25 bits per heavy atom. The van der Waals surface area contributed by atoms with Gasteiger partial charge in [-0.05, 0) is 12.1 Å². The lowest BCUT2D eigenvalue weighted by molar-refractivity contribution is 0.594. The zero-order chi connectivity index (χ0) is 12.7. The van der Waals surface area contributed by atoms with Crippen LogP contribution in [0.3, 0.4) is 0 Å². The van der Waals surface area contributed by atoms with E-state index in [-0.39, 0.29) is 0 Å². The molecule has 0 saturated carbocycles. The van der Waals surface area contributed by atoms with Crippen LogP contribution in [-0.4, -0.2) is 16.8 Å². The molecule has 0 atom stereocenters. The third-order valence-electron chi connectivity index (χ3n) is 1.58. The molecule has 0 bridgehead atoms. The molecule has 0 aliphatic heterocycles. The van der Waals surface area contributed by atoms with Crippen molar-refractivity contribution < 1.29 is 16.8 Å². The summed E-state index contributed by atoms with van der Waals surface area (Å²) in [5, 5.41) is 8.86. The van der Waals surface area contributed by atoms with Gasteiger partial charge in [-0.15, -0.1) is 0 Å². The van der Waals surface area contributed by atoms with Gasteiger partial charge in [0.05, 0.1) is 14.9 Å². The fourth-order valence-corrected chi connectivity index (χ4v) is 3.46. The number of hydrogen-bond acceptors (Lipinski definition) is 4. The van der Waals surface area contributed by atoms with Crippen molar-refractivity contribution in [3.8, 4) is 0 Å². The summed E-state index contributed by atoms with van der Waals surface area (Å²) in [5.74, 6) is 0. The summed E-state index contributed by atoms with van der Waals surface area (Å²) < 4.78 is 44.1. The Morgan fingerprint density at radius 1 is 0.875 bits per heavy atom. The van der Waals surface area contributed by atoms with E-state index in [1.165, 1.54) is 0 Å². The van der Waals surface area contributed by atoms with E-state index in [0.29, 0.717) is 0 Å². The average Bonchev–Trinajstić information content (AvgIpc) is 1.97. The largest absolute Gasteiger partial charge is 0.241 e. The van der Waals surface area contributed by atoms with E-state index in [9.17, 15) is 16.8 Å². The van der Waals surface area contributed by atoms with Gasteiger partial charge in [-0.3, -0.25) is 0 Å². The van der Waals surface area contributed by atoms with Gasteiger partial charge in [-0.1, -0.05) is 23.2 Å². The first kappa shape index (κ1) is 13.7. The van der Waals surface area contributed by atoms with E-state index in [1.807, 2.05) is 0 Å². The first-order valence-corrected chi connectivity index (χ1v) is 7.43. The third-order valence-corrected chi connectivity index (χ3v) is 4.31. The summed E-state index contributed by atoms with van der Waals surface area (Å²) in [6.45, 7) is 0. The minimum absolute atomic E-state index is 0.394. The van der Waals surface area contributed by atoms with Crippen molar-refractivity contribution in [2.24, 2.45) is 10.3 Å². The summed E-state index contributed by atoms with van der Waals surface area (Å²) in [6.07, 6.45) is 0. The molecule has 0 amide bonds. The molecular weight excluding hydrogens is 299 g/mol. The molecule has 4 N–H and O–H groups in total. The molecule has 0 radical (unpaired) electrons. The van der Waals surface area contributed by atoms with Gasteiger partial charge < -0.3 is 0 Å². The highest BCUT2D eigenvalue weighted by Gasteiger charge is 2.21. The standard InChI is InChI=1S/C6H6Cl2N2O4S2/c7-4-1-3(15(9,11)12)2-5(8)6(4)16(10,13)14/h1-2H,(H2,9,11,12)(H2,10,13,14). The zero-order valence-corrected chi connectivity index (χ0v) is 10.7. The molecule has 10 heteroatoms. The highest BCUT2D eigenvalue weighted by Crippen LogP contribution is 2.31. The van der Waals surface area contributed by atoms with Crippen molar-refractivity contribution in [1.29, 1.82) is 0 Å². The monoisotopic (exact) mass is 304 g/mol. The molecule has 0 saturated heterocycles. The fourth-order valence-electron chi connectivity index (χ4n) is 0.973. The molecule has 90 valence electrons. The summed E-state index contributed by atoms with van der Waals surface area (Å²) in [5.41, 5.74) is 0. The van der Waals surface area contributed by atoms with Crippen LogP contribution in [-0.2, 0) is 20.0 Å². The number of hydrogen-bond donors (Lipinski definition) is 2. The lowest BCUT2D eigenvalue weighted by Crippen LogP contribution is -2.16. The molecule has 1 aromatic rings. The Bertz CT molecular complexity index is 615. The van der Waals surface area contributed by atoms with Crippen molar-refractivity contribution >= 4 is 43.2 Å². The predicted octanol–water partition coefficient (Wildman–Crippen LogP) is 0.288. The summed E-state index contributed by atoms with van der Waals surface area (Å²) in [7, 11) is -8.14. The fraction of sp³-hybridized carbons (Fsp3) is 0. The Labute approximate surface area is 102 Å². The van der Waals surface area contributed by atoms with Crippen molar-refractivity contribution in [3.63, 3.8) is 0 Å². The molecular formula is C6H6Cl2N2O4S2. The van der Waals surface area contributed by atoms with Gasteiger partial charge in [0.1, 0.15) is 4.90 Å². The lowest BCUT2D eigenvalue weighted by Gasteiger charge is -2.06. The Hall–Kier alpha value is -0.380. The second-order valence-electron chi connectivity index (χ2n) is 2.81. The Balaban J connectivity index is 3.66. The minimum atomic E-state index is -4.13. The van der Waals surface area contributed by atoms with Crippen LogP contribution in [0.25, 0.3) is 0 Å². The molecule has 0 spiro atoms. The normalized spacial score (nSPS) is 12.8. The van der Waals surface area contributed by atoms with Crippen molar-refractivity contribution in [3.05, 3.63) is 22.2 Å². The molecule has 0 aromatic heterocycles. The summed E-state index contributed by atoms with van der Waals surface area (Å²) in [6, 6.07) is 1.73. The first-order chi connectivity index (χ1) is 7.03. The van der Waals surface area contributed by atoms with Gasteiger partial charge in [-0.2, -0.15) is 0 Å². The van der Waals surface area contributed by atoms with Crippen LogP contribution in [0.4, 0.5) is 0 Å². The topological polar surface area (TPSA) is 120 Å². The second kappa shape index (κ2) is 4.13. The van der Waals surface area contributed by atoms with Gasteiger partial charge in [0, 0.05) is 0 Å². The number of halogens is 2. The van der Waals surface area contributed by atoms with Gasteiger partial charge in [-0.25, -0.2) is 27.1 Å². The van der Waals surface area contributed by atoms with E-state index in [4.69, 9.17) is 33.5 Å². The van der Waals surface area contributed by atoms with Crippen molar-refractivity contribution in [2.75, 3.05) is 0 Å². The number of nitrogens with two attached hydrogens (primary N) is 2. The zero-order valence-electron chi connectivity index (χ0n) is 7.51. The van der Waals surface area contributed by atoms with Crippen LogP contribution in [0.2, 0.25) is 10.0 Å². The maximum Gasteiger partial charge on any atom is 0.241 e. The number of primary sulfonamides is 2. The van der Waals surface area contributed by atoms with Crippen LogP contribution < -0.4 is 10.3 Å². The third kappa shape index (κ3) is 2.84. The van der Waals surface area contributed by atoms with Crippen molar-refractivity contribution in [1.82, 2.24) is 0 Å².